The molecule has 1 atom stereocenters. The largest absolute Gasteiger partial charge is 0.367 e. The molecule has 0 saturated carbocycles. The van der Waals surface area contributed by atoms with Crippen molar-refractivity contribution in [3.63, 3.8) is 0 Å². The minimum absolute atomic E-state index is 0.0811. The van der Waals surface area contributed by atoms with Crippen LogP contribution in [0.4, 0.5) is 5.69 Å². The second-order valence-corrected chi connectivity index (χ2v) is 8.69. The molecule has 1 N–H and O–H groups in total. The summed E-state index contributed by atoms with van der Waals surface area (Å²) in [5, 5.41) is 3.58. The average molecular weight is 454 g/mol. The second kappa shape index (κ2) is 8.81. The van der Waals surface area contributed by atoms with Crippen molar-refractivity contribution in [1.29, 1.82) is 0 Å². The molecule has 2 aliphatic heterocycles. The highest BCUT2D eigenvalue weighted by Crippen LogP contribution is 2.32. The molecule has 0 radical (unpaired) electrons. The van der Waals surface area contributed by atoms with Gasteiger partial charge in [0.2, 0.25) is 0 Å². The quantitative estimate of drug-likeness (QED) is 0.416. The lowest BCUT2D eigenvalue weighted by Crippen LogP contribution is -2.56. The molecule has 2 amide bonds. The van der Waals surface area contributed by atoms with Crippen molar-refractivity contribution >= 4 is 52.5 Å². The zero-order valence-electron chi connectivity index (χ0n) is 17.5. The molecule has 31 heavy (non-hydrogen) atoms. The molecular formula is C24H24ClN3O2S. The van der Waals surface area contributed by atoms with Gasteiger partial charge in [-0.3, -0.25) is 19.8 Å². The van der Waals surface area contributed by atoms with Gasteiger partial charge in [-0.1, -0.05) is 42.8 Å². The SMILES string of the molecule is CCC(C)N1C(=O)C(=Cc2ccc3c(c2)CCN3Cc2ccccc2Cl)C(=O)NC1=S. The maximum absolute atomic E-state index is 13.0. The van der Waals surface area contributed by atoms with Crippen LogP contribution in [0.1, 0.15) is 37.0 Å². The van der Waals surface area contributed by atoms with Gasteiger partial charge in [0.05, 0.1) is 0 Å². The van der Waals surface area contributed by atoms with Crippen molar-refractivity contribution in [2.45, 2.75) is 39.3 Å². The molecule has 4 rings (SSSR count). The van der Waals surface area contributed by atoms with Gasteiger partial charge in [0.15, 0.2) is 5.11 Å². The fraction of sp³-hybridized carbons (Fsp3) is 0.292. The van der Waals surface area contributed by atoms with Crippen LogP contribution in [0.2, 0.25) is 5.02 Å². The summed E-state index contributed by atoms with van der Waals surface area (Å²) in [6.45, 7) is 5.54. The molecule has 2 aromatic rings. The van der Waals surface area contributed by atoms with Crippen molar-refractivity contribution in [3.8, 4) is 0 Å². The lowest BCUT2D eigenvalue weighted by molar-refractivity contribution is -0.130. The molecule has 0 aliphatic carbocycles. The first-order valence-corrected chi connectivity index (χ1v) is 11.2. The monoisotopic (exact) mass is 453 g/mol. The van der Waals surface area contributed by atoms with Gasteiger partial charge >= 0.3 is 0 Å². The molecule has 1 saturated heterocycles. The summed E-state index contributed by atoms with van der Waals surface area (Å²) in [6, 6.07) is 13.8. The number of nitrogens with zero attached hydrogens (tertiary/aromatic N) is 2. The number of benzene rings is 2. The molecule has 1 unspecified atom stereocenters. The van der Waals surface area contributed by atoms with Crippen molar-refractivity contribution in [3.05, 3.63) is 69.8 Å². The number of thiocarbonyl (C=S) groups is 1. The van der Waals surface area contributed by atoms with Crippen molar-refractivity contribution < 1.29 is 9.59 Å². The first kappa shape index (κ1) is 21.5. The summed E-state index contributed by atoms with van der Waals surface area (Å²) in [6.07, 6.45) is 3.31. The zero-order valence-corrected chi connectivity index (χ0v) is 19.1. The van der Waals surface area contributed by atoms with Crippen LogP contribution < -0.4 is 10.2 Å². The molecule has 0 bridgehead atoms. The topological polar surface area (TPSA) is 52.7 Å². The fourth-order valence-electron chi connectivity index (χ4n) is 4.00. The molecule has 1 fully saturated rings. The van der Waals surface area contributed by atoms with E-state index in [-0.39, 0.29) is 22.6 Å². The van der Waals surface area contributed by atoms with E-state index in [1.165, 1.54) is 10.5 Å². The molecular weight excluding hydrogens is 430 g/mol. The first-order valence-electron chi connectivity index (χ1n) is 10.4. The van der Waals surface area contributed by atoms with Crippen LogP contribution in [-0.2, 0) is 22.6 Å². The van der Waals surface area contributed by atoms with E-state index in [0.29, 0.717) is 0 Å². The number of rotatable bonds is 5. The van der Waals surface area contributed by atoms with Gasteiger partial charge in [-0.15, -0.1) is 0 Å². The van der Waals surface area contributed by atoms with Gasteiger partial charge < -0.3 is 4.90 Å². The highest BCUT2D eigenvalue weighted by molar-refractivity contribution is 7.80. The molecule has 0 aromatic heterocycles. The van der Waals surface area contributed by atoms with Gasteiger partial charge in [0.1, 0.15) is 5.57 Å². The molecule has 160 valence electrons. The third-order valence-electron chi connectivity index (χ3n) is 5.89. The highest BCUT2D eigenvalue weighted by atomic mass is 35.5. The summed E-state index contributed by atoms with van der Waals surface area (Å²) in [5.41, 5.74) is 4.38. The maximum Gasteiger partial charge on any atom is 0.265 e. The minimum atomic E-state index is -0.449. The van der Waals surface area contributed by atoms with Crippen LogP contribution in [0.5, 0.6) is 0 Å². The first-order chi connectivity index (χ1) is 14.9. The standard InChI is InChI=1S/C24H24ClN3O2S/c1-3-15(2)28-23(30)19(22(29)26-24(28)31)13-16-8-9-21-17(12-16)10-11-27(21)14-18-6-4-5-7-20(18)25/h4-9,12-13,15H,3,10-11,14H2,1-2H3,(H,26,29,31). The van der Waals surface area contributed by atoms with E-state index >= 15 is 0 Å². The van der Waals surface area contributed by atoms with Crippen LogP contribution in [-0.4, -0.2) is 34.4 Å². The lowest BCUT2D eigenvalue weighted by atomic mass is 10.0. The molecule has 5 nitrogen and oxygen atoms in total. The number of anilines is 1. The van der Waals surface area contributed by atoms with Crippen molar-refractivity contribution in [1.82, 2.24) is 10.2 Å². The van der Waals surface area contributed by atoms with Gasteiger partial charge in [-0.2, -0.15) is 0 Å². The Kier molecular flexibility index (Phi) is 6.12. The van der Waals surface area contributed by atoms with E-state index in [9.17, 15) is 9.59 Å². The number of hydrogen-bond donors (Lipinski definition) is 1. The number of amides is 2. The van der Waals surface area contributed by atoms with Crippen LogP contribution in [0, 0.1) is 0 Å². The Morgan fingerprint density at radius 1 is 1.23 bits per heavy atom. The van der Waals surface area contributed by atoms with E-state index in [4.69, 9.17) is 23.8 Å². The Hall–Kier alpha value is -2.70. The van der Waals surface area contributed by atoms with Crippen molar-refractivity contribution in [2.24, 2.45) is 0 Å². The van der Waals surface area contributed by atoms with E-state index in [2.05, 4.69) is 16.3 Å². The molecule has 2 aliphatic rings. The van der Waals surface area contributed by atoms with E-state index in [0.717, 1.165) is 47.8 Å². The second-order valence-electron chi connectivity index (χ2n) is 7.90. The van der Waals surface area contributed by atoms with E-state index in [1.54, 1.807) is 6.08 Å². The van der Waals surface area contributed by atoms with Crippen LogP contribution in [0.25, 0.3) is 6.08 Å². The number of hydrogen-bond acceptors (Lipinski definition) is 4. The normalized spacial score (nSPS) is 18.4. The van der Waals surface area contributed by atoms with Gasteiger partial charge in [-0.25, -0.2) is 0 Å². The summed E-state index contributed by atoms with van der Waals surface area (Å²) in [7, 11) is 0. The predicted octanol–water partition coefficient (Wildman–Crippen LogP) is 4.33. The molecule has 2 heterocycles. The third-order valence-corrected chi connectivity index (χ3v) is 6.56. The number of nitrogens with one attached hydrogen (secondary N) is 1. The Labute approximate surface area is 192 Å². The predicted molar refractivity (Wildman–Crippen MR) is 128 cm³/mol. The van der Waals surface area contributed by atoms with E-state index < -0.39 is 5.91 Å². The average Bonchev–Trinajstić information content (AvgIpc) is 3.14. The number of carbonyl (C=O) groups excluding carboxylic acids is 2. The molecule has 7 heteroatoms. The summed E-state index contributed by atoms with van der Waals surface area (Å²) in [5.74, 6) is -0.792. The number of halogens is 1. The zero-order chi connectivity index (χ0) is 22.1. The molecule has 0 spiro atoms. The van der Waals surface area contributed by atoms with Crippen LogP contribution in [0.15, 0.2) is 48.0 Å². The summed E-state index contributed by atoms with van der Waals surface area (Å²) >= 11 is 11.5. The summed E-state index contributed by atoms with van der Waals surface area (Å²) < 4.78 is 0. The van der Waals surface area contributed by atoms with Gasteiger partial charge in [0, 0.05) is 29.8 Å². The number of fused-ring (bicyclic) bond motifs is 1. The Morgan fingerprint density at radius 3 is 2.74 bits per heavy atom. The lowest BCUT2D eigenvalue weighted by Gasteiger charge is -2.33. The fourth-order valence-corrected chi connectivity index (χ4v) is 4.55. The Morgan fingerprint density at radius 2 is 2.00 bits per heavy atom. The third kappa shape index (κ3) is 4.23. The Balaban J connectivity index is 1.59. The smallest absolute Gasteiger partial charge is 0.265 e. The van der Waals surface area contributed by atoms with Crippen LogP contribution >= 0.6 is 23.8 Å². The Bertz CT molecular complexity index is 1100. The van der Waals surface area contributed by atoms with E-state index in [1.807, 2.05) is 50.2 Å². The number of carbonyl (C=O) groups is 2. The van der Waals surface area contributed by atoms with Gasteiger partial charge in [0.25, 0.3) is 11.8 Å². The van der Waals surface area contributed by atoms with Crippen molar-refractivity contribution in [2.75, 3.05) is 11.4 Å². The summed E-state index contributed by atoms with van der Waals surface area (Å²) in [4.78, 5) is 29.2. The van der Waals surface area contributed by atoms with Gasteiger partial charge in [-0.05, 0) is 72.9 Å². The maximum atomic E-state index is 13.0. The minimum Gasteiger partial charge on any atom is -0.367 e. The van der Waals surface area contributed by atoms with Crippen LogP contribution in [0.3, 0.4) is 0 Å². The molecule has 2 aromatic carbocycles. The highest BCUT2D eigenvalue weighted by Gasteiger charge is 2.35.